The van der Waals surface area contributed by atoms with E-state index in [1.165, 1.54) is 34.8 Å². The van der Waals surface area contributed by atoms with E-state index >= 15 is 0 Å². The van der Waals surface area contributed by atoms with Crippen LogP contribution in [0.5, 0.6) is 57.5 Å². The molecule has 0 bridgehead atoms. The molecule has 0 amide bonds. The summed E-state index contributed by atoms with van der Waals surface area (Å²) in [5, 5.41) is 21.9. The van der Waals surface area contributed by atoms with E-state index in [0.29, 0.717) is 198 Å². The van der Waals surface area contributed by atoms with Gasteiger partial charge in [0, 0.05) is 60.4 Å². The number of carbonyl (C=O) groups excluding carboxylic acids is 12. The van der Waals surface area contributed by atoms with E-state index in [9.17, 15) is 72.9 Å². The summed E-state index contributed by atoms with van der Waals surface area (Å²) < 4.78 is 87.8. The molecule has 4 fully saturated rings. The minimum Gasteiger partial charge on any atom is -0.465 e. The number of esters is 12. The van der Waals surface area contributed by atoms with Crippen molar-refractivity contribution in [2.24, 2.45) is 47.3 Å². The Morgan fingerprint density at radius 3 is 0.789 bits per heavy atom. The number of benzene rings is 8. The molecule has 4 saturated carbocycles. The lowest BCUT2D eigenvalue weighted by Crippen LogP contribution is -2.30. The van der Waals surface area contributed by atoms with Gasteiger partial charge in [-0.25, -0.2) is 29.1 Å². The van der Waals surface area contributed by atoms with E-state index in [2.05, 4.69) is 32.4 Å². The normalized spacial score (nSPS) is 16.5. The second-order valence-electron chi connectivity index (χ2n) is 32.5. The van der Waals surface area contributed by atoms with E-state index in [0.717, 1.165) is 45.7 Å². The van der Waals surface area contributed by atoms with Crippen molar-refractivity contribution in [2.45, 2.75) is 175 Å². The Labute approximate surface area is 863 Å². The standard InChI is InChI=1S/C52H48N2O14S.C51H48N2O16S.8CH4/c1-3-44(55)64-30-62-39-18-22-41(23-19-39)66-50(58)36-11-9-35(10-12-36)49(57)61-28-27-33-17-26-43(46-47(33)69-48(54-46)34-7-5-32(29-53)6-8-34)68-52(60)38-15-13-37(14-16-38)51(59)67-42-24-20-40(21-25-42)63-31-65-45(56)4-2;1-3-43(54)65-29-63-38-18-22-40(23-19-38)67-49(57)34-7-5-33(6-8-34)48(56)62-28-27-31-15-26-42(45-46(31)70-47(52-45)32-13-16-37(17-14-32)53(60)61)69-51(59)36-11-9-35(10-12-36)50(58)68-41-24-20-39(21-25-41)64-30-66-44(55)4-2;;;;;;;;/h3-8,17-26,35-38H,1-2,9-16,27-28,30-31H2;3-4,13-26,33-36H,1-2,5-12,27-30H2;8*1H4. The quantitative estimate of drug-likeness (QED) is 0.00656. The molecule has 784 valence electrons. The number of nitrogens with zero attached hydrogens (tertiary/aromatic N) is 4. The van der Waals surface area contributed by atoms with Gasteiger partial charge in [0.2, 0.25) is 27.2 Å². The van der Waals surface area contributed by atoms with Crippen LogP contribution in [0.3, 0.4) is 0 Å². The summed E-state index contributed by atoms with van der Waals surface area (Å²) in [6, 6.07) is 47.3. The van der Waals surface area contributed by atoms with Crippen LogP contribution < -0.4 is 47.4 Å². The fourth-order valence-electron chi connectivity index (χ4n) is 15.8. The Hall–Kier alpha value is -15.8. The molecule has 0 aliphatic heterocycles. The highest BCUT2D eigenvalue weighted by Gasteiger charge is 2.38. The molecule has 0 spiro atoms. The Balaban J connectivity index is 0.000000490. The van der Waals surface area contributed by atoms with Crippen molar-refractivity contribution >= 4 is 120 Å². The van der Waals surface area contributed by atoms with E-state index < -0.39 is 94.2 Å². The zero-order valence-corrected chi connectivity index (χ0v) is 76.9. The average molecular weight is 2060 g/mol. The van der Waals surface area contributed by atoms with Crippen LogP contribution in [0.1, 0.15) is 179 Å². The SMILES string of the molecule is C.C.C.C.C.C.C.C.C=CC(=O)OCOc1ccc(OC(=O)C2CCC(C(=O)OCCc3ccc(OC(=O)C4CCC(C(=O)Oc5ccc(OCOC(=O)C=C)cc5)CC4)c4nc(-c5ccc(C#N)cc5)sc34)CC2)cc1.C=CC(=O)OCOc1ccc(OC(=O)C2CCC(C(=O)OCCc3ccc(OC(=O)C4CCC(C(=O)Oc5ccc(OCOC(=O)C=C)cc5)CC4)c4nc(-c5ccc([N+](=O)[O-])cc5)sc34)CC2)cc1. The van der Waals surface area contributed by atoms with E-state index in [1.807, 2.05) is 6.07 Å². The van der Waals surface area contributed by atoms with Crippen LogP contribution in [-0.4, -0.2) is 127 Å². The first-order valence-electron chi connectivity index (χ1n) is 44.7. The number of non-ortho nitro benzene ring substituents is 1. The largest absolute Gasteiger partial charge is 0.465 e. The summed E-state index contributed by atoms with van der Waals surface area (Å²) in [5.74, 6) is -5.51. The molecule has 2 aromatic heterocycles. The van der Waals surface area contributed by atoms with Gasteiger partial charge in [-0.05, 0) is 247 Å². The van der Waals surface area contributed by atoms with Gasteiger partial charge >= 0.3 is 71.6 Å². The second-order valence-corrected chi connectivity index (χ2v) is 34.5. The van der Waals surface area contributed by atoms with Gasteiger partial charge < -0.3 is 75.8 Å². The Kier molecular flexibility index (Phi) is 49.8. The summed E-state index contributed by atoms with van der Waals surface area (Å²) in [5.41, 5.74) is 4.32. The highest BCUT2D eigenvalue weighted by molar-refractivity contribution is 7.22. The van der Waals surface area contributed by atoms with Crippen LogP contribution in [0.4, 0.5) is 5.69 Å². The number of hydrogen-bond acceptors (Lipinski definition) is 35. The van der Waals surface area contributed by atoms with E-state index in [4.69, 9.17) is 85.8 Å². The maximum absolute atomic E-state index is 13.6. The maximum Gasteiger partial charge on any atom is 0.333 e. The van der Waals surface area contributed by atoms with Crippen LogP contribution >= 0.6 is 22.7 Å². The molecule has 4 aliphatic carbocycles. The molecule has 14 rings (SSSR count). The molecule has 36 heteroatoms. The second kappa shape index (κ2) is 60.1. The molecule has 0 N–H and O–H groups in total. The van der Waals surface area contributed by atoms with Gasteiger partial charge in [-0.15, -0.1) is 22.7 Å². The van der Waals surface area contributed by atoms with Gasteiger partial charge in [-0.2, -0.15) is 5.26 Å². The molecule has 0 radical (unpaired) electrons. The number of nitriles is 1. The van der Waals surface area contributed by atoms with Crippen LogP contribution in [0, 0.1) is 68.8 Å². The first-order valence-corrected chi connectivity index (χ1v) is 46.3. The number of nitro groups is 1. The Morgan fingerprint density at radius 2 is 0.551 bits per heavy atom. The number of fused-ring (bicyclic) bond motifs is 2. The van der Waals surface area contributed by atoms with Crippen molar-refractivity contribution in [2.75, 3.05) is 40.4 Å². The predicted octanol–water partition coefficient (Wildman–Crippen LogP) is 22.7. The fraction of sp³-hybridized carbons (Fsp3) is 0.360. The Bertz CT molecular complexity index is 6180. The first kappa shape index (κ1) is 122. The van der Waals surface area contributed by atoms with Crippen LogP contribution in [0.15, 0.2) is 220 Å². The summed E-state index contributed by atoms with van der Waals surface area (Å²) in [4.78, 5) is 171. The lowest BCUT2D eigenvalue weighted by molar-refractivity contribution is -0.384. The highest BCUT2D eigenvalue weighted by atomic mass is 32.1. The number of carbonyl (C=O) groups is 12. The monoisotopic (exact) mass is 2060 g/mol. The molecule has 8 aromatic carbocycles. The lowest BCUT2D eigenvalue weighted by atomic mass is 9.82. The van der Waals surface area contributed by atoms with E-state index in [1.54, 1.807) is 152 Å². The average Bonchev–Trinajstić information content (AvgIpc) is 1.63. The van der Waals surface area contributed by atoms with Gasteiger partial charge in [-0.3, -0.25) is 48.5 Å². The molecular weight excluding hydrogens is 1930 g/mol. The van der Waals surface area contributed by atoms with Gasteiger partial charge in [0.05, 0.1) is 86.5 Å². The molecule has 147 heavy (non-hydrogen) atoms. The van der Waals surface area contributed by atoms with Crippen molar-refractivity contribution in [1.29, 1.82) is 5.26 Å². The molecule has 10 aromatic rings. The number of thiazole rings is 2. The van der Waals surface area contributed by atoms with Crippen molar-refractivity contribution in [1.82, 2.24) is 9.97 Å². The smallest absolute Gasteiger partial charge is 0.333 e. The van der Waals surface area contributed by atoms with Crippen LogP contribution in [0.2, 0.25) is 0 Å². The predicted molar refractivity (Wildman–Crippen MR) is 553 cm³/mol. The molecule has 0 unspecified atom stereocenters. The molecule has 0 saturated heterocycles. The van der Waals surface area contributed by atoms with Gasteiger partial charge in [0.1, 0.15) is 67.0 Å². The third kappa shape index (κ3) is 34.8. The maximum atomic E-state index is 13.6. The van der Waals surface area contributed by atoms with Gasteiger partial charge in [-0.1, -0.05) is 110 Å². The van der Waals surface area contributed by atoms with Crippen LogP contribution in [0.25, 0.3) is 41.6 Å². The molecular formula is C111H128N4O30S2. The molecule has 34 nitrogen and oxygen atoms in total. The highest BCUT2D eigenvalue weighted by Crippen LogP contribution is 2.44. The van der Waals surface area contributed by atoms with Crippen molar-refractivity contribution in [3.8, 4) is 84.7 Å². The van der Waals surface area contributed by atoms with Gasteiger partial charge in [0.15, 0.2) is 11.5 Å². The first-order chi connectivity index (χ1) is 67.4. The van der Waals surface area contributed by atoms with Crippen LogP contribution in [-0.2, 0) is 98.8 Å². The number of hydrogen-bond donors (Lipinski definition) is 0. The number of nitro benzene ring substituents is 1. The molecule has 0 atom stereocenters. The number of aromatic nitrogens is 2. The summed E-state index contributed by atoms with van der Waals surface area (Å²) in [7, 11) is 0. The number of ether oxygens (including phenoxy) is 16. The molecule has 2 heterocycles. The molecule has 4 aliphatic rings. The summed E-state index contributed by atoms with van der Waals surface area (Å²) in [6.45, 7) is 12.2. The third-order valence-corrected chi connectivity index (χ3v) is 25.9. The zero-order valence-electron chi connectivity index (χ0n) is 75.2. The Morgan fingerprint density at radius 1 is 0.320 bits per heavy atom. The topological polar surface area (TPSA) is 445 Å². The third-order valence-electron chi connectivity index (χ3n) is 23.5. The minimum absolute atomic E-state index is 0. The fourth-order valence-corrected chi connectivity index (χ4v) is 18.0. The summed E-state index contributed by atoms with van der Waals surface area (Å²) in [6.07, 6.45) is 11.8. The lowest BCUT2D eigenvalue weighted by Gasteiger charge is -2.26. The zero-order chi connectivity index (χ0) is 98.3. The summed E-state index contributed by atoms with van der Waals surface area (Å²) >= 11 is 2.71. The van der Waals surface area contributed by atoms with Crippen molar-refractivity contribution in [3.05, 3.63) is 247 Å². The number of rotatable bonds is 39. The van der Waals surface area contributed by atoms with Crippen molar-refractivity contribution in [3.63, 3.8) is 0 Å². The van der Waals surface area contributed by atoms with E-state index in [-0.39, 0.29) is 147 Å². The van der Waals surface area contributed by atoms with Gasteiger partial charge in [0.25, 0.3) is 5.69 Å². The minimum atomic E-state index is -0.622. The van der Waals surface area contributed by atoms with Crippen molar-refractivity contribution < 1.29 is 138 Å².